The molecule has 180 valence electrons. The Hall–Kier alpha value is -1.93. The van der Waals surface area contributed by atoms with E-state index in [0.717, 1.165) is 17.5 Å². The highest BCUT2D eigenvalue weighted by molar-refractivity contribution is 8.93. The van der Waals surface area contributed by atoms with E-state index in [2.05, 4.69) is 10.6 Å². The molecule has 2 atom stereocenters. The Labute approximate surface area is 211 Å². The zero-order valence-electron chi connectivity index (χ0n) is 19.1. The SMILES string of the molecule is Br.CC(C)(CNC(=O)[C@H]1CCCN1C(=O)Cc1ccccc1)NC(CO)c1ccccc1Cl. The molecular formula is C25H33BrClN3O3. The minimum atomic E-state index is -0.500. The van der Waals surface area contributed by atoms with Crippen molar-refractivity contribution >= 4 is 40.4 Å². The second-order valence-electron chi connectivity index (χ2n) is 8.91. The monoisotopic (exact) mass is 537 g/mol. The van der Waals surface area contributed by atoms with Gasteiger partial charge in [0.25, 0.3) is 0 Å². The van der Waals surface area contributed by atoms with Crippen molar-refractivity contribution in [3.63, 3.8) is 0 Å². The molecule has 1 unspecified atom stereocenters. The van der Waals surface area contributed by atoms with Crippen molar-refractivity contribution in [2.45, 2.75) is 50.7 Å². The van der Waals surface area contributed by atoms with E-state index in [1.165, 1.54) is 0 Å². The van der Waals surface area contributed by atoms with Gasteiger partial charge in [0.1, 0.15) is 6.04 Å². The van der Waals surface area contributed by atoms with Gasteiger partial charge >= 0.3 is 0 Å². The summed E-state index contributed by atoms with van der Waals surface area (Å²) >= 11 is 6.29. The van der Waals surface area contributed by atoms with Gasteiger partial charge in [-0.2, -0.15) is 0 Å². The summed E-state index contributed by atoms with van der Waals surface area (Å²) in [4.78, 5) is 27.4. The molecule has 1 heterocycles. The highest BCUT2D eigenvalue weighted by Crippen LogP contribution is 2.24. The fraction of sp³-hybridized carbons (Fsp3) is 0.440. The van der Waals surface area contributed by atoms with E-state index in [-0.39, 0.29) is 41.4 Å². The van der Waals surface area contributed by atoms with Crippen LogP contribution in [0.1, 0.15) is 43.9 Å². The number of carbonyl (C=O) groups is 2. The fourth-order valence-corrected chi connectivity index (χ4v) is 4.41. The first-order valence-electron chi connectivity index (χ1n) is 11.0. The van der Waals surface area contributed by atoms with Crippen molar-refractivity contribution in [3.05, 3.63) is 70.7 Å². The lowest BCUT2D eigenvalue weighted by Crippen LogP contribution is -2.54. The van der Waals surface area contributed by atoms with E-state index < -0.39 is 11.6 Å². The van der Waals surface area contributed by atoms with Gasteiger partial charge in [-0.15, -0.1) is 17.0 Å². The third-order valence-electron chi connectivity index (χ3n) is 5.81. The molecule has 0 aliphatic carbocycles. The van der Waals surface area contributed by atoms with Crippen LogP contribution in [-0.4, -0.2) is 53.1 Å². The predicted octanol–water partition coefficient (Wildman–Crippen LogP) is 3.67. The maximum atomic E-state index is 12.9. The van der Waals surface area contributed by atoms with Crippen LogP contribution in [0.5, 0.6) is 0 Å². The number of nitrogens with one attached hydrogen (secondary N) is 2. The van der Waals surface area contributed by atoms with Crippen molar-refractivity contribution in [2.24, 2.45) is 0 Å². The fourth-order valence-electron chi connectivity index (χ4n) is 4.14. The summed E-state index contributed by atoms with van der Waals surface area (Å²) in [7, 11) is 0. The van der Waals surface area contributed by atoms with Crippen LogP contribution < -0.4 is 10.6 Å². The summed E-state index contributed by atoms with van der Waals surface area (Å²) in [5.41, 5.74) is 1.26. The molecule has 1 aliphatic heterocycles. The Bertz CT molecular complexity index is 926. The lowest BCUT2D eigenvalue weighted by atomic mass is 10.00. The van der Waals surface area contributed by atoms with Crippen molar-refractivity contribution in [3.8, 4) is 0 Å². The summed E-state index contributed by atoms with van der Waals surface area (Å²) in [5.74, 6) is -0.164. The van der Waals surface area contributed by atoms with Gasteiger partial charge in [0, 0.05) is 23.7 Å². The Morgan fingerprint density at radius 2 is 1.82 bits per heavy atom. The van der Waals surface area contributed by atoms with E-state index in [1.807, 2.05) is 62.4 Å². The molecule has 8 heteroatoms. The first-order valence-corrected chi connectivity index (χ1v) is 11.4. The number of hydrogen-bond acceptors (Lipinski definition) is 4. The number of rotatable bonds is 9. The van der Waals surface area contributed by atoms with E-state index in [9.17, 15) is 14.7 Å². The van der Waals surface area contributed by atoms with Crippen LogP contribution in [0.15, 0.2) is 54.6 Å². The molecule has 3 N–H and O–H groups in total. The van der Waals surface area contributed by atoms with E-state index in [4.69, 9.17) is 11.6 Å². The lowest BCUT2D eigenvalue weighted by Gasteiger charge is -2.33. The molecule has 1 aliphatic rings. The minimum Gasteiger partial charge on any atom is -0.394 e. The standard InChI is InChI=1S/C25H32ClN3O3.BrH/c1-25(2,28-21(16-30)19-11-6-7-12-20(19)26)17-27-24(32)22-13-8-14-29(22)23(31)15-18-9-4-3-5-10-18;/h3-7,9-12,21-22,28,30H,8,13-17H2,1-2H3,(H,27,32);1H/t21?,22-;/m1./s1. The smallest absolute Gasteiger partial charge is 0.242 e. The summed E-state index contributed by atoms with van der Waals surface area (Å²) in [6.45, 7) is 4.75. The summed E-state index contributed by atoms with van der Waals surface area (Å²) in [6, 6.07) is 16.2. The molecule has 1 fully saturated rings. The Balaban J connectivity index is 0.00000385. The molecule has 3 rings (SSSR count). The van der Waals surface area contributed by atoms with Crippen LogP contribution in [0.4, 0.5) is 0 Å². The predicted molar refractivity (Wildman–Crippen MR) is 137 cm³/mol. The largest absolute Gasteiger partial charge is 0.394 e. The van der Waals surface area contributed by atoms with Gasteiger partial charge in [-0.05, 0) is 43.9 Å². The minimum absolute atomic E-state index is 0. The van der Waals surface area contributed by atoms with Gasteiger partial charge < -0.3 is 20.6 Å². The second kappa shape index (κ2) is 12.5. The molecule has 0 aromatic heterocycles. The summed E-state index contributed by atoms with van der Waals surface area (Å²) < 4.78 is 0. The number of carbonyl (C=O) groups excluding carboxylic acids is 2. The topological polar surface area (TPSA) is 81.7 Å². The molecule has 1 saturated heterocycles. The Morgan fingerprint density at radius 1 is 1.15 bits per heavy atom. The molecule has 0 radical (unpaired) electrons. The molecule has 0 bridgehead atoms. The van der Waals surface area contributed by atoms with Crippen molar-refractivity contribution in [2.75, 3.05) is 19.7 Å². The van der Waals surface area contributed by atoms with Crippen LogP contribution in [0.2, 0.25) is 5.02 Å². The quantitative estimate of drug-likeness (QED) is 0.455. The van der Waals surface area contributed by atoms with Gasteiger partial charge in [-0.1, -0.05) is 60.1 Å². The highest BCUT2D eigenvalue weighted by Gasteiger charge is 2.34. The van der Waals surface area contributed by atoms with Gasteiger partial charge in [-0.25, -0.2) is 0 Å². The first-order chi connectivity index (χ1) is 15.3. The average Bonchev–Trinajstić information content (AvgIpc) is 3.27. The molecule has 2 aromatic rings. The number of hydrogen-bond donors (Lipinski definition) is 3. The number of aliphatic hydroxyl groups is 1. The maximum Gasteiger partial charge on any atom is 0.242 e. The van der Waals surface area contributed by atoms with Gasteiger partial charge in [0.15, 0.2) is 0 Å². The normalized spacial score (nSPS) is 16.7. The van der Waals surface area contributed by atoms with Gasteiger partial charge in [0.05, 0.1) is 19.1 Å². The molecule has 6 nitrogen and oxygen atoms in total. The molecule has 0 spiro atoms. The summed E-state index contributed by atoms with van der Waals surface area (Å²) in [6.07, 6.45) is 1.78. The number of halogens is 2. The number of aliphatic hydroxyl groups excluding tert-OH is 1. The van der Waals surface area contributed by atoms with E-state index >= 15 is 0 Å². The van der Waals surface area contributed by atoms with Gasteiger partial charge in [-0.3, -0.25) is 9.59 Å². The van der Waals surface area contributed by atoms with E-state index in [1.54, 1.807) is 11.0 Å². The second-order valence-corrected chi connectivity index (χ2v) is 9.32. The maximum absolute atomic E-state index is 12.9. The Kier molecular flexibility index (Phi) is 10.4. The van der Waals surface area contributed by atoms with Crippen LogP contribution >= 0.6 is 28.6 Å². The van der Waals surface area contributed by atoms with Crippen LogP contribution in [0.3, 0.4) is 0 Å². The number of amides is 2. The van der Waals surface area contributed by atoms with Crippen molar-refractivity contribution in [1.82, 2.24) is 15.5 Å². The molecular weight excluding hydrogens is 506 g/mol. The van der Waals surface area contributed by atoms with Crippen LogP contribution in [-0.2, 0) is 16.0 Å². The third-order valence-corrected chi connectivity index (χ3v) is 6.15. The molecule has 33 heavy (non-hydrogen) atoms. The Morgan fingerprint density at radius 3 is 2.48 bits per heavy atom. The molecule has 0 saturated carbocycles. The molecule has 2 amide bonds. The summed E-state index contributed by atoms with van der Waals surface area (Å²) in [5, 5.41) is 16.8. The lowest BCUT2D eigenvalue weighted by molar-refractivity contribution is -0.138. The van der Waals surface area contributed by atoms with Crippen molar-refractivity contribution < 1.29 is 14.7 Å². The average molecular weight is 539 g/mol. The van der Waals surface area contributed by atoms with Gasteiger partial charge in [0.2, 0.25) is 11.8 Å². The number of benzene rings is 2. The number of nitrogens with zero attached hydrogens (tertiary/aromatic N) is 1. The zero-order chi connectivity index (χ0) is 23.1. The van der Waals surface area contributed by atoms with Crippen LogP contribution in [0, 0.1) is 0 Å². The van der Waals surface area contributed by atoms with E-state index in [0.29, 0.717) is 31.0 Å². The van der Waals surface area contributed by atoms with Crippen molar-refractivity contribution in [1.29, 1.82) is 0 Å². The first kappa shape index (κ1) is 27.3. The third kappa shape index (κ3) is 7.54. The highest BCUT2D eigenvalue weighted by atomic mass is 79.9. The zero-order valence-corrected chi connectivity index (χ0v) is 21.6. The molecule has 2 aromatic carbocycles. The number of likely N-dealkylation sites (tertiary alicyclic amines) is 1. The van der Waals surface area contributed by atoms with Crippen LogP contribution in [0.25, 0.3) is 0 Å².